The van der Waals surface area contributed by atoms with Gasteiger partial charge in [0.2, 0.25) is 0 Å². The second kappa shape index (κ2) is 9.45. The van der Waals surface area contributed by atoms with Crippen molar-refractivity contribution >= 4 is 11.6 Å². The summed E-state index contributed by atoms with van der Waals surface area (Å²) in [7, 11) is 0. The van der Waals surface area contributed by atoms with Gasteiger partial charge in [-0.2, -0.15) is 5.10 Å². The first-order valence-electron chi connectivity index (χ1n) is 9.64. The Balaban J connectivity index is 1.32. The first-order valence-corrected chi connectivity index (χ1v) is 9.64. The fraction of sp³-hybridized carbons (Fsp3) is 0.0870. The largest absolute Gasteiger partial charge is 0.484 e. The van der Waals surface area contributed by atoms with Crippen LogP contribution in [0, 0.1) is 0 Å². The summed E-state index contributed by atoms with van der Waals surface area (Å²) in [5, 5.41) is 15.3. The van der Waals surface area contributed by atoms with Gasteiger partial charge in [0.15, 0.2) is 6.61 Å². The first-order chi connectivity index (χ1) is 15.2. The smallest absolute Gasteiger partial charge is 0.277 e. The number of rotatable bonds is 7. The number of hydrogen-bond donors (Lipinski definition) is 1. The maximum atomic E-state index is 12.1. The summed E-state index contributed by atoms with van der Waals surface area (Å²) >= 11 is 0. The monoisotopic (exact) mass is 412 g/mol. The van der Waals surface area contributed by atoms with Crippen LogP contribution in [0.4, 0.5) is 0 Å². The molecule has 0 aliphatic carbocycles. The number of aromatic nitrogens is 4. The molecule has 0 aliphatic rings. The molecule has 8 heteroatoms. The fourth-order valence-electron chi connectivity index (χ4n) is 2.92. The molecule has 0 unspecified atom stereocenters. The van der Waals surface area contributed by atoms with E-state index in [0.717, 1.165) is 22.4 Å². The van der Waals surface area contributed by atoms with Gasteiger partial charge >= 0.3 is 0 Å². The van der Waals surface area contributed by atoms with Crippen LogP contribution >= 0.6 is 0 Å². The minimum absolute atomic E-state index is 0.133. The van der Waals surface area contributed by atoms with Crippen LogP contribution < -0.4 is 10.2 Å². The molecule has 1 N–H and O–H groups in total. The van der Waals surface area contributed by atoms with Crippen LogP contribution in [0.3, 0.4) is 0 Å². The van der Waals surface area contributed by atoms with Crippen molar-refractivity contribution in [1.29, 1.82) is 0 Å². The molecule has 1 amide bonds. The topological polar surface area (TPSA) is 94.3 Å². The highest BCUT2D eigenvalue weighted by molar-refractivity contribution is 5.99. The third-order valence-corrected chi connectivity index (χ3v) is 4.56. The van der Waals surface area contributed by atoms with E-state index < -0.39 is 0 Å². The van der Waals surface area contributed by atoms with Crippen molar-refractivity contribution in [3.63, 3.8) is 0 Å². The molecule has 8 nitrogen and oxygen atoms in total. The van der Waals surface area contributed by atoms with E-state index in [2.05, 4.69) is 26.1 Å². The Hall–Kier alpha value is -4.33. The van der Waals surface area contributed by atoms with Gasteiger partial charge in [-0.25, -0.2) is 10.1 Å². The maximum Gasteiger partial charge on any atom is 0.277 e. The van der Waals surface area contributed by atoms with E-state index in [4.69, 9.17) is 4.74 Å². The number of ether oxygens (including phenoxy) is 1. The Bertz CT molecular complexity index is 1170. The van der Waals surface area contributed by atoms with Crippen LogP contribution in [0.25, 0.3) is 16.8 Å². The van der Waals surface area contributed by atoms with E-state index in [1.807, 2.05) is 85.8 Å². The molecule has 0 spiro atoms. The quantitative estimate of drug-likeness (QED) is 0.371. The second-order valence-electron chi connectivity index (χ2n) is 6.72. The number of benzene rings is 3. The Morgan fingerprint density at radius 1 is 1.00 bits per heavy atom. The summed E-state index contributed by atoms with van der Waals surface area (Å²) in [5.41, 5.74) is 7.01. The van der Waals surface area contributed by atoms with Gasteiger partial charge in [-0.15, -0.1) is 5.10 Å². The lowest BCUT2D eigenvalue weighted by molar-refractivity contribution is -0.123. The first kappa shape index (κ1) is 20.0. The minimum atomic E-state index is -0.344. The summed E-state index contributed by atoms with van der Waals surface area (Å²) in [4.78, 5) is 12.1. The molecule has 0 atom stereocenters. The Labute approximate surface area is 179 Å². The number of carbonyl (C=O) groups is 1. The molecular formula is C23H20N6O2. The Morgan fingerprint density at radius 2 is 1.77 bits per heavy atom. The molecule has 4 aromatic rings. The molecular weight excluding hydrogens is 392 g/mol. The van der Waals surface area contributed by atoms with E-state index in [1.165, 1.54) is 6.33 Å². The highest BCUT2D eigenvalue weighted by Crippen LogP contribution is 2.22. The molecule has 0 bridgehead atoms. The van der Waals surface area contributed by atoms with Gasteiger partial charge < -0.3 is 4.74 Å². The van der Waals surface area contributed by atoms with Crippen molar-refractivity contribution in [3.05, 3.63) is 90.8 Å². The zero-order valence-electron chi connectivity index (χ0n) is 16.8. The van der Waals surface area contributed by atoms with Gasteiger partial charge in [-0.05, 0) is 58.3 Å². The third kappa shape index (κ3) is 5.18. The number of amides is 1. The van der Waals surface area contributed by atoms with Gasteiger partial charge in [0.05, 0.1) is 11.4 Å². The van der Waals surface area contributed by atoms with E-state index in [-0.39, 0.29) is 12.5 Å². The fourth-order valence-corrected chi connectivity index (χ4v) is 2.92. The third-order valence-electron chi connectivity index (χ3n) is 4.56. The number of nitrogens with one attached hydrogen (secondary N) is 1. The Kier molecular flexibility index (Phi) is 6.08. The molecule has 0 saturated carbocycles. The molecule has 0 fully saturated rings. The second-order valence-corrected chi connectivity index (χ2v) is 6.72. The zero-order valence-corrected chi connectivity index (χ0v) is 16.8. The van der Waals surface area contributed by atoms with Crippen LogP contribution in [-0.4, -0.2) is 38.4 Å². The minimum Gasteiger partial charge on any atom is -0.484 e. The van der Waals surface area contributed by atoms with Crippen molar-refractivity contribution < 1.29 is 9.53 Å². The van der Waals surface area contributed by atoms with Crippen LogP contribution in [-0.2, 0) is 4.79 Å². The molecule has 0 aliphatic heterocycles. The standard InChI is InChI=1S/C23H20N6O2/c1-17(20-8-5-9-21(14-20)29-16-24-27-28-29)25-26-23(30)15-31-22-12-10-19(11-13-22)18-6-3-2-4-7-18/h2-14,16H,15H2,1H3,(H,26,30)/b25-17-. The Morgan fingerprint density at radius 3 is 2.52 bits per heavy atom. The summed E-state index contributed by atoms with van der Waals surface area (Å²) < 4.78 is 7.11. The van der Waals surface area contributed by atoms with Gasteiger partial charge in [0.25, 0.3) is 5.91 Å². The SMILES string of the molecule is C/C(=N/NC(=O)COc1ccc(-c2ccccc2)cc1)c1cccc(-n2cnnn2)c1. The van der Waals surface area contributed by atoms with Gasteiger partial charge in [0, 0.05) is 0 Å². The average molecular weight is 412 g/mol. The van der Waals surface area contributed by atoms with E-state index >= 15 is 0 Å². The van der Waals surface area contributed by atoms with Crippen molar-refractivity contribution in [2.45, 2.75) is 6.92 Å². The van der Waals surface area contributed by atoms with Crippen molar-refractivity contribution in [1.82, 2.24) is 25.6 Å². The highest BCUT2D eigenvalue weighted by Gasteiger charge is 2.05. The summed E-state index contributed by atoms with van der Waals surface area (Å²) in [6, 6.07) is 25.2. The maximum absolute atomic E-state index is 12.1. The van der Waals surface area contributed by atoms with Gasteiger partial charge in [0.1, 0.15) is 12.1 Å². The van der Waals surface area contributed by atoms with Crippen LogP contribution in [0.2, 0.25) is 0 Å². The van der Waals surface area contributed by atoms with Gasteiger partial charge in [-0.3, -0.25) is 4.79 Å². The molecule has 3 aromatic carbocycles. The van der Waals surface area contributed by atoms with E-state index in [0.29, 0.717) is 11.5 Å². The van der Waals surface area contributed by atoms with E-state index in [9.17, 15) is 4.79 Å². The lowest BCUT2D eigenvalue weighted by Gasteiger charge is -2.08. The molecule has 1 aromatic heterocycles. The molecule has 1 heterocycles. The number of carbonyl (C=O) groups excluding carboxylic acids is 1. The molecule has 0 radical (unpaired) electrons. The lowest BCUT2D eigenvalue weighted by atomic mass is 10.1. The number of hydrogen-bond acceptors (Lipinski definition) is 6. The van der Waals surface area contributed by atoms with Crippen LogP contribution in [0.5, 0.6) is 5.75 Å². The van der Waals surface area contributed by atoms with Crippen molar-refractivity contribution in [2.24, 2.45) is 5.10 Å². The predicted molar refractivity (Wildman–Crippen MR) is 117 cm³/mol. The number of nitrogens with zero attached hydrogens (tertiary/aromatic N) is 5. The summed E-state index contributed by atoms with van der Waals surface area (Å²) in [5.74, 6) is 0.271. The normalized spacial score (nSPS) is 11.2. The van der Waals surface area contributed by atoms with Crippen molar-refractivity contribution in [2.75, 3.05) is 6.61 Å². The number of tetrazole rings is 1. The van der Waals surface area contributed by atoms with Gasteiger partial charge in [-0.1, -0.05) is 54.6 Å². The van der Waals surface area contributed by atoms with Crippen molar-refractivity contribution in [3.8, 4) is 22.6 Å². The lowest BCUT2D eigenvalue weighted by Crippen LogP contribution is -2.25. The molecule has 0 saturated heterocycles. The van der Waals surface area contributed by atoms with Crippen LogP contribution in [0.1, 0.15) is 12.5 Å². The number of hydrazone groups is 1. The molecule has 4 rings (SSSR count). The summed E-state index contributed by atoms with van der Waals surface area (Å²) in [6.07, 6.45) is 1.51. The predicted octanol–water partition coefficient (Wildman–Crippen LogP) is 3.25. The molecule has 31 heavy (non-hydrogen) atoms. The average Bonchev–Trinajstić information content (AvgIpc) is 3.37. The van der Waals surface area contributed by atoms with E-state index in [1.54, 1.807) is 4.68 Å². The van der Waals surface area contributed by atoms with Crippen LogP contribution in [0.15, 0.2) is 90.3 Å². The highest BCUT2D eigenvalue weighted by atomic mass is 16.5. The zero-order chi connectivity index (χ0) is 21.5. The summed E-state index contributed by atoms with van der Waals surface area (Å²) in [6.45, 7) is 1.67. The molecule has 154 valence electrons.